The molecule has 2 bridgehead atoms. The summed E-state index contributed by atoms with van der Waals surface area (Å²) in [7, 11) is 0. The number of nitrogens with zero attached hydrogens (tertiary/aromatic N) is 1. The third-order valence-electron chi connectivity index (χ3n) is 8.15. The van der Waals surface area contributed by atoms with Crippen LogP contribution in [-0.4, -0.2) is 55.8 Å². The van der Waals surface area contributed by atoms with E-state index in [0.717, 1.165) is 38.1 Å². The fourth-order valence-electron chi connectivity index (χ4n) is 6.90. The van der Waals surface area contributed by atoms with Gasteiger partial charge in [-0.15, -0.1) is 11.8 Å². The molecule has 6 rings (SSSR count). The molecule has 2 saturated carbocycles. The topological polar surface area (TPSA) is 137 Å². The van der Waals surface area contributed by atoms with Crippen molar-refractivity contribution in [1.82, 2.24) is 9.88 Å². The molecule has 3 N–H and O–H groups in total. The molecule has 3 fully saturated rings. The molecule has 0 radical (unpaired) electrons. The van der Waals surface area contributed by atoms with Gasteiger partial charge in [-0.1, -0.05) is 17.4 Å². The van der Waals surface area contributed by atoms with Gasteiger partial charge >= 0.3 is 10.8 Å². The molecule has 0 unspecified atom stereocenters. The third kappa shape index (κ3) is 3.07. The van der Waals surface area contributed by atoms with Crippen LogP contribution >= 0.6 is 23.1 Å². The summed E-state index contributed by atoms with van der Waals surface area (Å²) in [5.41, 5.74) is 0.884. The van der Waals surface area contributed by atoms with Crippen molar-refractivity contribution >= 4 is 40.9 Å². The number of phenols is 1. The van der Waals surface area contributed by atoms with Crippen molar-refractivity contribution in [1.29, 1.82) is 0 Å². The number of carboxylic acid groups (broad SMARTS) is 1. The Hall–Kier alpha value is -2.79. The number of carboxylic acids is 1. The molecule has 2 amide bonds. The molecule has 9 nitrogen and oxygen atoms in total. The molecule has 2 aliphatic carbocycles. The van der Waals surface area contributed by atoms with Crippen molar-refractivity contribution in [3.05, 3.63) is 38.3 Å². The Balaban J connectivity index is 1.45. The van der Waals surface area contributed by atoms with E-state index in [1.54, 1.807) is 23.9 Å². The Kier molecular flexibility index (Phi) is 5.09. The summed E-state index contributed by atoms with van der Waals surface area (Å²) in [6.07, 6.45) is 0.719. The van der Waals surface area contributed by atoms with Gasteiger partial charge < -0.3 is 19.9 Å². The lowest BCUT2D eigenvalue weighted by atomic mass is 9.68. The lowest BCUT2D eigenvalue weighted by Crippen LogP contribution is -2.44. The minimum Gasteiger partial charge on any atom is -0.504 e. The number of hydrogen-bond acceptors (Lipinski definition) is 8. The highest BCUT2D eigenvalue weighted by molar-refractivity contribution is 8.00. The summed E-state index contributed by atoms with van der Waals surface area (Å²) >= 11 is 2.73. The van der Waals surface area contributed by atoms with E-state index >= 15 is 0 Å². The van der Waals surface area contributed by atoms with Crippen LogP contribution in [-0.2, 0) is 14.4 Å². The summed E-state index contributed by atoms with van der Waals surface area (Å²) in [5, 5.41) is 20.5. The van der Waals surface area contributed by atoms with E-state index in [1.165, 1.54) is 6.92 Å². The number of H-pyrrole nitrogens is 1. The number of imide groups is 1. The largest absolute Gasteiger partial charge is 0.504 e. The van der Waals surface area contributed by atoms with Crippen molar-refractivity contribution in [3.8, 4) is 11.5 Å². The predicted octanol–water partition coefficient (Wildman–Crippen LogP) is 2.49. The molecule has 35 heavy (non-hydrogen) atoms. The van der Waals surface area contributed by atoms with Gasteiger partial charge in [0.2, 0.25) is 11.8 Å². The molecule has 0 spiro atoms. The van der Waals surface area contributed by atoms with Crippen LogP contribution in [0.15, 0.2) is 28.0 Å². The molecule has 184 valence electrons. The number of aromatic nitrogens is 1. The molecule has 4 aliphatic rings. The van der Waals surface area contributed by atoms with Crippen LogP contribution in [0.1, 0.15) is 36.6 Å². The average molecular weight is 517 g/mol. The Morgan fingerprint density at radius 3 is 2.63 bits per heavy atom. The van der Waals surface area contributed by atoms with Crippen LogP contribution in [0.4, 0.5) is 0 Å². The van der Waals surface area contributed by atoms with Gasteiger partial charge in [0.1, 0.15) is 6.04 Å². The molecule has 2 aliphatic heterocycles. The number of hydrogen-bond donors (Lipinski definition) is 3. The molecule has 1 saturated heterocycles. The zero-order valence-electron chi connectivity index (χ0n) is 19.0. The molecular weight excluding hydrogens is 492 g/mol. The van der Waals surface area contributed by atoms with E-state index in [-0.39, 0.29) is 45.5 Å². The fraction of sp³-hybridized carbons (Fsp3) is 0.500. The highest BCUT2D eigenvalue weighted by Gasteiger charge is 2.70. The van der Waals surface area contributed by atoms with Gasteiger partial charge in [0.15, 0.2) is 11.5 Å². The second kappa shape index (κ2) is 7.86. The number of aromatic hydroxyl groups is 1. The predicted molar refractivity (Wildman–Crippen MR) is 127 cm³/mol. The van der Waals surface area contributed by atoms with Crippen molar-refractivity contribution in [2.24, 2.45) is 29.6 Å². The van der Waals surface area contributed by atoms with Gasteiger partial charge in [0.25, 0.3) is 0 Å². The molecule has 1 aromatic carbocycles. The first kappa shape index (κ1) is 22.7. The van der Waals surface area contributed by atoms with Crippen LogP contribution in [0.5, 0.6) is 11.5 Å². The highest BCUT2D eigenvalue weighted by Crippen LogP contribution is 2.68. The number of carbonyl (C=O) groups excluding carboxylic acids is 2. The van der Waals surface area contributed by atoms with E-state index in [2.05, 4.69) is 4.98 Å². The Morgan fingerprint density at radius 1 is 1.23 bits per heavy atom. The first-order valence-corrected chi connectivity index (χ1v) is 13.4. The van der Waals surface area contributed by atoms with Crippen molar-refractivity contribution in [2.45, 2.75) is 42.5 Å². The van der Waals surface area contributed by atoms with E-state index < -0.39 is 29.8 Å². The first-order valence-electron chi connectivity index (χ1n) is 11.7. The molecule has 1 aromatic heterocycles. The van der Waals surface area contributed by atoms with Crippen molar-refractivity contribution in [3.63, 3.8) is 0 Å². The number of likely N-dealkylation sites (tertiary alicyclic amines) is 1. The number of phenolic OH excluding ortho intramolecular Hbond substituents is 1. The molecule has 11 heteroatoms. The van der Waals surface area contributed by atoms with Gasteiger partial charge in [-0.25, -0.2) is 4.79 Å². The summed E-state index contributed by atoms with van der Waals surface area (Å²) in [5.74, 6) is -3.05. The maximum atomic E-state index is 13.4. The Bertz CT molecular complexity index is 1320. The van der Waals surface area contributed by atoms with Gasteiger partial charge in [0, 0.05) is 16.0 Å². The molecule has 3 heterocycles. The van der Waals surface area contributed by atoms with Crippen molar-refractivity contribution in [2.75, 3.05) is 6.61 Å². The quantitative estimate of drug-likeness (QED) is 0.516. The average Bonchev–Trinajstić information content (AvgIpc) is 3.54. The number of aromatic amines is 1. The van der Waals surface area contributed by atoms with E-state index in [1.807, 2.05) is 13.0 Å². The van der Waals surface area contributed by atoms with Crippen LogP contribution in [0, 0.1) is 29.6 Å². The number of nitrogens with one attached hydrogen (secondary N) is 1. The maximum Gasteiger partial charge on any atom is 0.326 e. The molecular formula is C24H24N2O7S2. The van der Waals surface area contributed by atoms with Crippen molar-refractivity contribution < 1.29 is 29.3 Å². The number of benzene rings is 1. The number of fused-ring (bicyclic) bond motifs is 9. The normalized spacial score (nSPS) is 33.4. The number of ether oxygens (including phenoxy) is 1. The summed E-state index contributed by atoms with van der Waals surface area (Å²) in [6.45, 7) is 3.59. The number of aliphatic carboxylic acids is 1. The summed E-state index contributed by atoms with van der Waals surface area (Å²) in [6, 6.07) is 4.01. The fourth-order valence-corrected chi connectivity index (χ4v) is 9.79. The lowest BCUT2D eigenvalue weighted by molar-refractivity contribution is -0.154. The van der Waals surface area contributed by atoms with E-state index in [9.17, 15) is 29.4 Å². The summed E-state index contributed by atoms with van der Waals surface area (Å²) in [4.78, 5) is 55.3. The SMILES string of the molecule is CCOc1cc([C@@H]2c3sc(=O)[nH]c3S[C@@H]3[C@H]4C[C@@H]([C@@H]5C(=O)N([C@H](C)C(=O)O)C(=O)[C@@H]45)[C@@H]23)ccc1O. The highest BCUT2D eigenvalue weighted by atomic mass is 32.2. The number of rotatable bonds is 5. The third-order valence-corrected chi connectivity index (χ3v) is 10.7. The zero-order valence-corrected chi connectivity index (χ0v) is 20.6. The second-order valence-electron chi connectivity index (χ2n) is 9.68. The van der Waals surface area contributed by atoms with Gasteiger partial charge in [-0.05, 0) is 55.7 Å². The van der Waals surface area contributed by atoms with Gasteiger partial charge in [-0.3, -0.25) is 19.3 Å². The minimum absolute atomic E-state index is 0.00480. The molecule has 2 aromatic rings. The second-order valence-corrected chi connectivity index (χ2v) is 11.9. The van der Waals surface area contributed by atoms with Crippen LogP contribution < -0.4 is 9.61 Å². The smallest absolute Gasteiger partial charge is 0.326 e. The zero-order chi connectivity index (χ0) is 24.8. The van der Waals surface area contributed by atoms with Gasteiger partial charge in [-0.2, -0.15) is 0 Å². The van der Waals surface area contributed by atoms with E-state index in [0.29, 0.717) is 12.4 Å². The number of amides is 2. The van der Waals surface area contributed by atoms with Gasteiger partial charge in [0.05, 0.1) is 23.5 Å². The number of thioether (sulfide) groups is 1. The number of thiazole rings is 1. The number of carbonyl (C=O) groups is 3. The van der Waals surface area contributed by atoms with E-state index in [4.69, 9.17) is 4.74 Å². The monoisotopic (exact) mass is 516 g/mol. The maximum absolute atomic E-state index is 13.4. The van der Waals surface area contributed by atoms with Crippen LogP contribution in [0.2, 0.25) is 0 Å². The summed E-state index contributed by atoms with van der Waals surface area (Å²) < 4.78 is 5.62. The first-order chi connectivity index (χ1) is 16.7. The van der Waals surface area contributed by atoms with Crippen LogP contribution in [0.3, 0.4) is 0 Å². The standard InChI is InChI=1S/C24H24N2O7S2/c1-3-33-13-6-9(4-5-12(13)27)14-15-10-7-11(18(15)34-20-19(14)35-24(32)25-20)17-16(10)21(28)26(22(17)29)8(2)23(30)31/h4-6,8,10-11,14-18,27H,3,7H2,1-2H3,(H,25,32)(H,30,31)/t8-,10-,11+,14+,15+,16+,17+,18-/m1/s1. The minimum atomic E-state index is -1.20. The van der Waals surface area contributed by atoms with Crippen LogP contribution in [0.25, 0.3) is 0 Å². The Labute approximate surface area is 208 Å². The Morgan fingerprint density at radius 2 is 1.94 bits per heavy atom. The molecule has 8 atom stereocenters. The lowest BCUT2D eigenvalue weighted by Gasteiger charge is -2.43.